The summed E-state index contributed by atoms with van der Waals surface area (Å²) in [5.41, 5.74) is -0.885. The van der Waals surface area contributed by atoms with Crippen LogP contribution in [0.5, 0.6) is 0 Å². The molecule has 9 nitrogen and oxygen atoms in total. The van der Waals surface area contributed by atoms with E-state index in [2.05, 4.69) is 41.3 Å². The molecule has 0 bridgehead atoms. The van der Waals surface area contributed by atoms with E-state index in [1.54, 1.807) is 0 Å². The molecule has 11 heteroatoms. The Balaban J connectivity index is 1.62. The third-order valence-corrected chi connectivity index (χ3v) is 5.74. The van der Waals surface area contributed by atoms with Gasteiger partial charge in [0.05, 0.1) is 6.20 Å². The quantitative estimate of drug-likeness (QED) is 0.528. The molecule has 3 amide bonds. The monoisotopic (exact) mass is 391 g/mol. The van der Waals surface area contributed by atoms with Gasteiger partial charge in [-0.25, -0.2) is 22.9 Å². The van der Waals surface area contributed by atoms with Gasteiger partial charge >= 0.3 is 6.03 Å². The van der Waals surface area contributed by atoms with Crippen molar-refractivity contribution < 1.29 is 18.0 Å². The van der Waals surface area contributed by atoms with E-state index in [1.807, 2.05) is 0 Å². The number of sulfonamides is 1. The number of amides is 3. The predicted molar refractivity (Wildman–Crippen MR) is 78.2 cm³/mol. The minimum Gasteiger partial charge on any atom is -0.323 e. The van der Waals surface area contributed by atoms with Gasteiger partial charge in [0, 0.05) is 6.54 Å². The first-order valence-electron chi connectivity index (χ1n) is 6.64. The van der Waals surface area contributed by atoms with Gasteiger partial charge in [0.2, 0.25) is 0 Å². The van der Waals surface area contributed by atoms with Crippen LogP contribution in [0.4, 0.5) is 4.79 Å². The van der Waals surface area contributed by atoms with Gasteiger partial charge in [-0.2, -0.15) is 0 Å². The molecule has 4 N–H and O–H groups in total. The third kappa shape index (κ3) is 2.75. The fraction of sp³-hybridized carbons (Fsp3) is 0.545. The fourth-order valence-electron chi connectivity index (χ4n) is 2.89. The highest BCUT2D eigenvalue weighted by atomic mass is 79.9. The number of imidazole rings is 1. The maximum Gasteiger partial charge on any atom is 0.322 e. The number of nitrogens with one attached hydrogen (secondary N) is 4. The van der Waals surface area contributed by atoms with Gasteiger partial charge in [-0.15, -0.1) is 0 Å². The number of hydrogen-bond donors (Lipinski definition) is 4. The van der Waals surface area contributed by atoms with E-state index in [1.165, 1.54) is 6.20 Å². The molecule has 2 fully saturated rings. The summed E-state index contributed by atoms with van der Waals surface area (Å²) in [5.74, 6) is -0.356. The van der Waals surface area contributed by atoms with Crippen molar-refractivity contribution in [3.05, 3.63) is 10.9 Å². The van der Waals surface area contributed by atoms with Gasteiger partial charge in [-0.3, -0.25) is 10.1 Å². The zero-order valence-corrected chi connectivity index (χ0v) is 13.8. The molecule has 22 heavy (non-hydrogen) atoms. The largest absolute Gasteiger partial charge is 0.323 e. The molecular weight excluding hydrogens is 378 g/mol. The van der Waals surface area contributed by atoms with Crippen LogP contribution in [0.2, 0.25) is 0 Å². The van der Waals surface area contributed by atoms with Crippen LogP contribution >= 0.6 is 15.9 Å². The molecule has 2 unspecified atom stereocenters. The Morgan fingerprint density at radius 1 is 1.45 bits per heavy atom. The Hall–Kier alpha value is -1.46. The number of hydrogen-bond acceptors (Lipinski definition) is 5. The van der Waals surface area contributed by atoms with Gasteiger partial charge in [0.1, 0.15) is 5.54 Å². The molecule has 1 aliphatic carbocycles. The maximum atomic E-state index is 12.1. The zero-order valence-electron chi connectivity index (χ0n) is 11.3. The molecule has 0 aromatic carbocycles. The van der Waals surface area contributed by atoms with E-state index in [-0.39, 0.29) is 23.4 Å². The van der Waals surface area contributed by atoms with Gasteiger partial charge in [0.25, 0.3) is 15.9 Å². The molecule has 3 rings (SSSR count). The van der Waals surface area contributed by atoms with Crippen LogP contribution in [0.1, 0.15) is 19.3 Å². The number of halogens is 1. The van der Waals surface area contributed by atoms with Crippen molar-refractivity contribution >= 4 is 37.9 Å². The van der Waals surface area contributed by atoms with E-state index in [0.29, 0.717) is 24.0 Å². The average Bonchev–Trinajstić information content (AvgIpc) is 3.10. The summed E-state index contributed by atoms with van der Waals surface area (Å²) in [7, 11) is -3.67. The minimum atomic E-state index is -3.67. The van der Waals surface area contributed by atoms with Crippen LogP contribution < -0.4 is 15.4 Å². The predicted octanol–water partition coefficient (Wildman–Crippen LogP) is -0.171. The van der Waals surface area contributed by atoms with Crippen LogP contribution in [0.15, 0.2) is 16.0 Å². The number of nitrogens with zero attached hydrogens (tertiary/aromatic N) is 1. The molecule has 1 aliphatic heterocycles. The molecule has 1 aromatic heterocycles. The van der Waals surface area contributed by atoms with E-state index in [0.717, 1.165) is 0 Å². The Kier molecular flexibility index (Phi) is 3.73. The number of carbonyl (C=O) groups is 2. The molecule has 2 atom stereocenters. The summed E-state index contributed by atoms with van der Waals surface area (Å²) in [6.45, 7) is 0.198. The molecule has 1 saturated carbocycles. The Bertz CT molecular complexity index is 733. The van der Waals surface area contributed by atoms with Gasteiger partial charge in [0.15, 0.2) is 9.76 Å². The highest BCUT2D eigenvalue weighted by Gasteiger charge is 2.50. The SMILES string of the molecule is O=C1NC(=O)C2(CCC(CNS(=O)(=O)c3cnc(Br)[nH]3)C2)N1. The Labute approximate surface area is 134 Å². The standard InChI is InChI=1S/C11H14BrN5O4S/c12-9-13-5-7(15-9)22(20,21)14-4-6-1-2-11(3-6)8(18)16-10(19)17-11/h5-6,14H,1-4H2,(H,13,15)(H2,16,17,18,19). The minimum absolute atomic E-state index is 0.0229. The summed E-state index contributed by atoms with van der Waals surface area (Å²) in [6, 6.07) is -0.492. The van der Waals surface area contributed by atoms with Gasteiger partial charge in [-0.1, -0.05) is 0 Å². The van der Waals surface area contributed by atoms with Crippen molar-refractivity contribution in [2.75, 3.05) is 6.54 Å². The lowest BCUT2D eigenvalue weighted by Gasteiger charge is -2.19. The summed E-state index contributed by atoms with van der Waals surface area (Å²) < 4.78 is 27.0. The Morgan fingerprint density at radius 2 is 2.23 bits per heavy atom. The summed E-state index contributed by atoms with van der Waals surface area (Å²) in [4.78, 5) is 29.5. The summed E-state index contributed by atoms with van der Waals surface area (Å²) >= 11 is 3.05. The number of rotatable bonds is 4. The first-order chi connectivity index (χ1) is 10.3. The van der Waals surface area contributed by atoms with Crippen molar-refractivity contribution in [1.82, 2.24) is 25.3 Å². The van der Waals surface area contributed by atoms with E-state index < -0.39 is 21.6 Å². The van der Waals surface area contributed by atoms with Crippen molar-refractivity contribution in [3.8, 4) is 0 Å². The fourth-order valence-corrected chi connectivity index (χ4v) is 4.37. The molecule has 1 spiro atoms. The van der Waals surface area contributed by atoms with Crippen molar-refractivity contribution in [3.63, 3.8) is 0 Å². The number of aromatic nitrogens is 2. The second kappa shape index (κ2) is 5.32. The highest BCUT2D eigenvalue weighted by molar-refractivity contribution is 9.10. The molecule has 2 aliphatic rings. The lowest BCUT2D eigenvalue weighted by Crippen LogP contribution is -2.44. The number of carbonyl (C=O) groups excluding carboxylic acids is 2. The van der Waals surface area contributed by atoms with Crippen LogP contribution in [-0.2, 0) is 14.8 Å². The normalized spacial score (nSPS) is 28.1. The van der Waals surface area contributed by atoms with E-state index >= 15 is 0 Å². The number of aromatic amines is 1. The van der Waals surface area contributed by atoms with Crippen LogP contribution in [-0.4, -0.2) is 42.4 Å². The molecule has 1 aromatic rings. The lowest BCUT2D eigenvalue weighted by atomic mass is 9.96. The molecular formula is C11H14BrN5O4S. The molecule has 0 radical (unpaired) electrons. The summed E-state index contributed by atoms with van der Waals surface area (Å²) in [5, 5.41) is 4.84. The average molecular weight is 392 g/mol. The van der Waals surface area contributed by atoms with Crippen LogP contribution in [0, 0.1) is 5.92 Å². The lowest BCUT2D eigenvalue weighted by molar-refractivity contribution is -0.123. The van der Waals surface area contributed by atoms with Crippen molar-refractivity contribution in [2.24, 2.45) is 5.92 Å². The van der Waals surface area contributed by atoms with Gasteiger partial charge < -0.3 is 10.3 Å². The first-order valence-corrected chi connectivity index (χ1v) is 8.92. The zero-order chi connectivity index (χ0) is 16.0. The van der Waals surface area contributed by atoms with E-state index in [9.17, 15) is 18.0 Å². The van der Waals surface area contributed by atoms with Gasteiger partial charge in [-0.05, 0) is 41.1 Å². The number of imide groups is 1. The maximum absolute atomic E-state index is 12.1. The Morgan fingerprint density at radius 3 is 2.82 bits per heavy atom. The summed E-state index contributed by atoms with van der Waals surface area (Å²) in [6.07, 6.45) is 2.79. The van der Waals surface area contributed by atoms with Crippen LogP contribution in [0.3, 0.4) is 0 Å². The van der Waals surface area contributed by atoms with Crippen LogP contribution in [0.25, 0.3) is 0 Å². The number of urea groups is 1. The van der Waals surface area contributed by atoms with Crippen molar-refractivity contribution in [2.45, 2.75) is 29.8 Å². The second-order valence-electron chi connectivity index (χ2n) is 5.49. The topological polar surface area (TPSA) is 133 Å². The molecule has 120 valence electrons. The second-order valence-corrected chi connectivity index (χ2v) is 7.98. The first kappa shape index (κ1) is 15.4. The highest BCUT2D eigenvalue weighted by Crippen LogP contribution is 2.36. The molecule has 2 heterocycles. The van der Waals surface area contributed by atoms with E-state index in [4.69, 9.17) is 0 Å². The number of H-pyrrole nitrogens is 1. The van der Waals surface area contributed by atoms with Crippen molar-refractivity contribution in [1.29, 1.82) is 0 Å². The molecule has 1 saturated heterocycles. The smallest absolute Gasteiger partial charge is 0.322 e. The third-order valence-electron chi connectivity index (χ3n) is 4.00.